The first kappa shape index (κ1) is 24.9. The van der Waals surface area contributed by atoms with Crippen LogP contribution in [0, 0.1) is 6.92 Å². The molecule has 4 heterocycles. The van der Waals surface area contributed by atoms with E-state index in [1.165, 1.54) is 0 Å². The van der Waals surface area contributed by atoms with Crippen LogP contribution in [-0.2, 0) is 7.05 Å². The number of para-hydroxylation sites is 1. The molecule has 1 N–H and O–H groups in total. The SMILES string of the molecule is Cc1nn2cccnc2c1C(=O)N[C@@H](C)c1nc2cccc(/C=C\c3cnn(C)c3)c2c(=O)n1-c1ccccc1. The number of amides is 1. The summed E-state index contributed by atoms with van der Waals surface area (Å²) in [4.78, 5) is 36.9. The molecule has 0 saturated carbocycles. The highest BCUT2D eigenvalue weighted by molar-refractivity contribution is 6.01. The lowest BCUT2D eigenvalue weighted by molar-refractivity contribution is 0.0938. The van der Waals surface area contributed by atoms with E-state index >= 15 is 0 Å². The number of nitrogens with one attached hydrogen (secondary N) is 1. The second-order valence-corrected chi connectivity index (χ2v) is 9.51. The fourth-order valence-corrected chi connectivity index (χ4v) is 4.84. The van der Waals surface area contributed by atoms with E-state index in [0.717, 1.165) is 11.1 Å². The summed E-state index contributed by atoms with van der Waals surface area (Å²) in [6.45, 7) is 3.58. The van der Waals surface area contributed by atoms with Crippen molar-refractivity contribution in [2.24, 2.45) is 7.05 Å². The van der Waals surface area contributed by atoms with Crippen LogP contribution in [0.25, 0.3) is 34.4 Å². The summed E-state index contributed by atoms with van der Waals surface area (Å²) in [6, 6.07) is 16.0. The van der Waals surface area contributed by atoms with Gasteiger partial charge in [-0.1, -0.05) is 42.5 Å². The van der Waals surface area contributed by atoms with Crippen LogP contribution in [0.4, 0.5) is 0 Å². The number of carbonyl (C=O) groups excluding carboxylic acids is 1. The molecule has 0 aliphatic carbocycles. The number of aromatic nitrogens is 7. The second-order valence-electron chi connectivity index (χ2n) is 9.51. The van der Waals surface area contributed by atoms with E-state index in [-0.39, 0.29) is 11.5 Å². The molecule has 0 fully saturated rings. The molecular formula is C30H26N8O2. The summed E-state index contributed by atoms with van der Waals surface area (Å²) in [5.74, 6) is 0.0633. The van der Waals surface area contributed by atoms with E-state index in [9.17, 15) is 9.59 Å². The van der Waals surface area contributed by atoms with Gasteiger partial charge in [-0.3, -0.25) is 18.8 Å². The molecule has 0 unspecified atom stereocenters. The molecule has 6 rings (SSSR count). The molecule has 4 aromatic heterocycles. The van der Waals surface area contributed by atoms with Crippen LogP contribution in [0.1, 0.15) is 46.0 Å². The van der Waals surface area contributed by atoms with Crippen LogP contribution in [0.5, 0.6) is 0 Å². The van der Waals surface area contributed by atoms with Crippen molar-refractivity contribution < 1.29 is 4.79 Å². The van der Waals surface area contributed by atoms with Gasteiger partial charge in [0, 0.05) is 31.2 Å². The van der Waals surface area contributed by atoms with Gasteiger partial charge in [0.1, 0.15) is 11.4 Å². The summed E-state index contributed by atoms with van der Waals surface area (Å²) in [5, 5.41) is 12.1. The van der Waals surface area contributed by atoms with Crippen molar-refractivity contribution >= 4 is 34.6 Å². The fraction of sp³-hybridized carbons (Fsp3) is 0.133. The lowest BCUT2D eigenvalue weighted by Gasteiger charge is -2.20. The van der Waals surface area contributed by atoms with Crippen LogP contribution < -0.4 is 10.9 Å². The van der Waals surface area contributed by atoms with Gasteiger partial charge in [-0.25, -0.2) is 14.5 Å². The topological polar surface area (TPSA) is 112 Å². The number of fused-ring (bicyclic) bond motifs is 2. The highest BCUT2D eigenvalue weighted by Gasteiger charge is 2.24. The van der Waals surface area contributed by atoms with Crippen LogP contribution >= 0.6 is 0 Å². The molecule has 0 aliphatic rings. The Bertz CT molecular complexity index is 1970. The van der Waals surface area contributed by atoms with Crippen LogP contribution in [0.3, 0.4) is 0 Å². The first-order valence-corrected chi connectivity index (χ1v) is 12.8. The van der Waals surface area contributed by atoms with Gasteiger partial charge in [0.05, 0.1) is 34.5 Å². The standard InChI is InChI=1S/C30H26N8O2/c1-19-25(28-31-15-8-16-37(28)35-19)29(39)33-20(2)27-34-24-12-7-9-22(14-13-21-17-32-36(3)18-21)26(24)30(40)38(27)23-10-5-4-6-11-23/h4-18,20H,1-3H3,(H,33,39)/b14-13-/t20-/m0/s1. The molecule has 1 amide bonds. The molecule has 0 radical (unpaired) electrons. The Morgan fingerprint density at radius 1 is 1.05 bits per heavy atom. The lowest BCUT2D eigenvalue weighted by atomic mass is 10.1. The Morgan fingerprint density at radius 2 is 1.88 bits per heavy atom. The fourth-order valence-electron chi connectivity index (χ4n) is 4.84. The molecule has 40 heavy (non-hydrogen) atoms. The van der Waals surface area contributed by atoms with Gasteiger partial charge in [-0.05, 0) is 43.7 Å². The zero-order chi connectivity index (χ0) is 27.8. The molecule has 198 valence electrons. The summed E-state index contributed by atoms with van der Waals surface area (Å²) in [7, 11) is 1.85. The highest BCUT2D eigenvalue weighted by atomic mass is 16.2. The Kier molecular flexibility index (Phi) is 6.27. The molecule has 0 aliphatic heterocycles. The van der Waals surface area contributed by atoms with Crippen LogP contribution in [0.15, 0.2) is 84.2 Å². The maximum atomic E-state index is 14.2. The number of hydrogen-bond donors (Lipinski definition) is 1. The average molecular weight is 531 g/mol. The maximum Gasteiger partial charge on any atom is 0.266 e. The van der Waals surface area contributed by atoms with Crippen molar-refractivity contribution in [3.63, 3.8) is 0 Å². The van der Waals surface area contributed by atoms with Gasteiger partial charge in [0.25, 0.3) is 11.5 Å². The highest BCUT2D eigenvalue weighted by Crippen LogP contribution is 2.23. The first-order chi connectivity index (χ1) is 19.4. The molecule has 10 heteroatoms. The number of nitrogens with zero attached hydrogens (tertiary/aromatic N) is 7. The van der Waals surface area contributed by atoms with Crippen molar-refractivity contribution in [2.75, 3.05) is 0 Å². The third kappa shape index (κ3) is 4.45. The predicted octanol–water partition coefficient (Wildman–Crippen LogP) is 4.13. The van der Waals surface area contributed by atoms with Crippen molar-refractivity contribution in [3.8, 4) is 5.69 Å². The van der Waals surface area contributed by atoms with E-state index in [1.807, 2.05) is 80.9 Å². The monoisotopic (exact) mass is 530 g/mol. The number of rotatable bonds is 6. The second kappa shape index (κ2) is 10.1. The number of aryl methyl sites for hydroxylation is 2. The smallest absolute Gasteiger partial charge is 0.266 e. The lowest BCUT2D eigenvalue weighted by Crippen LogP contribution is -2.33. The largest absolute Gasteiger partial charge is 0.342 e. The number of carbonyl (C=O) groups is 1. The van der Waals surface area contributed by atoms with Gasteiger partial charge in [-0.15, -0.1) is 0 Å². The van der Waals surface area contributed by atoms with Crippen molar-refractivity contribution in [1.82, 2.24) is 39.2 Å². The van der Waals surface area contributed by atoms with Crippen LogP contribution in [0.2, 0.25) is 0 Å². The Labute approximate surface area is 229 Å². The molecule has 2 aromatic carbocycles. The normalized spacial score (nSPS) is 12.4. The molecule has 0 bridgehead atoms. The molecular weight excluding hydrogens is 504 g/mol. The van der Waals surface area contributed by atoms with Gasteiger partial charge < -0.3 is 5.32 Å². The summed E-state index contributed by atoms with van der Waals surface area (Å²) < 4.78 is 4.86. The van der Waals surface area contributed by atoms with E-state index in [0.29, 0.717) is 39.3 Å². The van der Waals surface area contributed by atoms with Crippen molar-refractivity contribution in [3.05, 3.63) is 118 Å². The van der Waals surface area contributed by atoms with E-state index < -0.39 is 6.04 Å². The third-order valence-electron chi connectivity index (χ3n) is 6.68. The van der Waals surface area contributed by atoms with Gasteiger partial charge >= 0.3 is 0 Å². The summed E-state index contributed by atoms with van der Waals surface area (Å²) >= 11 is 0. The average Bonchev–Trinajstić information content (AvgIpc) is 3.53. The van der Waals surface area contributed by atoms with Gasteiger partial charge in [0.15, 0.2) is 5.65 Å². The Morgan fingerprint density at radius 3 is 2.65 bits per heavy atom. The number of hydrogen-bond acceptors (Lipinski definition) is 6. The van der Waals surface area contributed by atoms with Crippen molar-refractivity contribution in [2.45, 2.75) is 19.9 Å². The zero-order valence-electron chi connectivity index (χ0n) is 22.2. The minimum atomic E-state index is -0.613. The summed E-state index contributed by atoms with van der Waals surface area (Å²) in [5.41, 5.74) is 4.01. The third-order valence-corrected chi connectivity index (χ3v) is 6.68. The van der Waals surface area contributed by atoms with Gasteiger partial charge in [0.2, 0.25) is 0 Å². The maximum absolute atomic E-state index is 14.2. The molecule has 0 saturated heterocycles. The van der Waals surface area contributed by atoms with E-state index in [2.05, 4.69) is 20.5 Å². The first-order valence-electron chi connectivity index (χ1n) is 12.8. The van der Waals surface area contributed by atoms with Crippen LogP contribution in [-0.4, -0.2) is 39.8 Å². The van der Waals surface area contributed by atoms with Crippen molar-refractivity contribution in [1.29, 1.82) is 0 Å². The van der Waals surface area contributed by atoms with Gasteiger partial charge in [-0.2, -0.15) is 10.2 Å². The minimum Gasteiger partial charge on any atom is -0.342 e. The summed E-state index contributed by atoms with van der Waals surface area (Å²) in [6.07, 6.45) is 10.8. The number of benzene rings is 2. The molecule has 1 atom stereocenters. The quantitative estimate of drug-likeness (QED) is 0.347. The molecule has 0 spiro atoms. The Hall–Kier alpha value is -5.38. The Balaban J connectivity index is 1.46. The zero-order valence-corrected chi connectivity index (χ0v) is 22.2. The predicted molar refractivity (Wildman–Crippen MR) is 153 cm³/mol. The van der Waals surface area contributed by atoms with E-state index in [1.54, 1.807) is 45.3 Å². The molecule has 6 aromatic rings. The molecule has 10 nitrogen and oxygen atoms in total. The minimum absolute atomic E-state index is 0.229. The van der Waals surface area contributed by atoms with E-state index in [4.69, 9.17) is 4.98 Å².